The molecule has 0 bridgehead atoms. The molecule has 9 heteroatoms. The fourth-order valence-electron chi connectivity index (χ4n) is 2.96. The number of aromatic nitrogens is 2. The van der Waals surface area contributed by atoms with Crippen molar-refractivity contribution in [2.24, 2.45) is 5.73 Å². The largest absolute Gasteiger partial charge is 0.364 e. The van der Waals surface area contributed by atoms with Gasteiger partial charge in [0.15, 0.2) is 5.69 Å². The number of anilines is 1. The highest BCUT2D eigenvalue weighted by atomic mass is 35.5. The molecule has 2 aromatic carbocycles. The Morgan fingerprint density at radius 1 is 1.10 bits per heavy atom. The summed E-state index contributed by atoms with van der Waals surface area (Å²) < 4.78 is 0. The molecule has 3 aromatic rings. The van der Waals surface area contributed by atoms with E-state index in [9.17, 15) is 14.4 Å². The molecule has 1 heterocycles. The molecule has 3 rings (SSSR count). The van der Waals surface area contributed by atoms with E-state index in [4.69, 9.17) is 17.3 Å². The Kier molecular flexibility index (Phi) is 6.48. The van der Waals surface area contributed by atoms with E-state index in [1.807, 2.05) is 30.3 Å². The summed E-state index contributed by atoms with van der Waals surface area (Å²) in [7, 11) is 0. The molecule has 0 saturated heterocycles. The second kappa shape index (κ2) is 9.23. The standard InChI is InChI=1S/C21H20ClN5O3/c1-12-18(19(20(23)29)27-26-12)25-17(28)11-16(13-7-3-2-4-8-13)24-21(30)14-9-5-6-10-15(14)22/h2-10,16H,11H2,1H3,(H2,23,29)(H,24,30)(H,25,28)(H,26,27). The molecule has 0 fully saturated rings. The van der Waals surface area contributed by atoms with Gasteiger partial charge >= 0.3 is 0 Å². The molecule has 1 unspecified atom stereocenters. The molecule has 154 valence electrons. The van der Waals surface area contributed by atoms with Gasteiger partial charge in [-0.1, -0.05) is 54.1 Å². The van der Waals surface area contributed by atoms with Crippen molar-refractivity contribution in [2.45, 2.75) is 19.4 Å². The van der Waals surface area contributed by atoms with Gasteiger partial charge in [-0.3, -0.25) is 19.5 Å². The van der Waals surface area contributed by atoms with Crippen LogP contribution in [0.2, 0.25) is 5.02 Å². The number of amides is 3. The van der Waals surface area contributed by atoms with Crippen molar-refractivity contribution in [3.8, 4) is 0 Å². The lowest BCUT2D eigenvalue weighted by Crippen LogP contribution is -2.32. The number of aromatic amines is 1. The summed E-state index contributed by atoms with van der Waals surface area (Å²) >= 11 is 6.12. The van der Waals surface area contributed by atoms with Crippen LogP contribution in [-0.4, -0.2) is 27.9 Å². The Hall–Kier alpha value is -3.65. The molecule has 8 nitrogen and oxygen atoms in total. The Morgan fingerprint density at radius 2 is 1.77 bits per heavy atom. The second-order valence-electron chi connectivity index (χ2n) is 6.61. The van der Waals surface area contributed by atoms with Crippen LogP contribution in [0.15, 0.2) is 54.6 Å². The number of halogens is 1. The Morgan fingerprint density at radius 3 is 2.43 bits per heavy atom. The van der Waals surface area contributed by atoms with E-state index < -0.39 is 23.8 Å². The van der Waals surface area contributed by atoms with Crippen LogP contribution in [0.5, 0.6) is 0 Å². The quantitative estimate of drug-likeness (QED) is 0.463. The number of primary amides is 1. The van der Waals surface area contributed by atoms with Crippen molar-refractivity contribution in [1.82, 2.24) is 15.5 Å². The van der Waals surface area contributed by atoms with Gasteiger partial charge in [-0.2, -0.15) is 5.10 Å². The third-order valence-corrected chi connectivity index (χ3v) is 4.79. The van der Waals surface area contributed by atoms with E-state index in [0.29, 0.717) is 16.3 Å². The summed E-state index contributed by atoms with van der Waals surface area (Å²) in [6.45, 7) is 1.66. The third-order valence-electron chi connectivity index (χ3n) is 4.46. The fourth-order valence-corrected chi connectivity index (χ4v) is 3.18. The Bertz CT molecular complexity index is 1080. The van der Waals surface area contributed by atoms with E-state index in [-0.39, 0.29) is 17.8 Å². The van der Waals surface area contributed by atoms with Crippen molar-refractivity contribution in [1.29, 1.82) is 0 Å². The van der Waals surface area contributed by atoms with Gasteiger partial charge in [0, 0.05) is 0 Å². The van der Waals surface area contributed by atoms with Crippen molar-refractivity contribution in [3.05, 3.63) is 82.1 Å². The van der Waals surface area contributed by atoms with Crippen molar-refractivity contribution in [3.63, 3.8) is 0 Å². The smallest absolute Gasteiger partial charge is 0.271 e. The molecule has 0 aliphatic carbocycles. The van der Waals surface area contributed by atoms with Gasteiger partial charge in [-0.25, -0.2) is 0 Å². The van der Waals surface area contributed by atoms with E-state index >= 15 is 0 Å². The molecule has 1 aromatic heterocycles. The molecular formula is C21H20ClN5O3. The molecule has 5 N–H and O–H groups in total. The molecule has 0 aliphatic rings. The van der Waals surface area contributed by atoms with Gasteiger partial charge in [-0.05, 0) is 24.6 Å². The van der Waals surface area contributed by atoms with Gasteiger partial charge in [0.1, 0.15) is 0 Å². The fraction of sp³-hybridized carbons (Fsp3) is 0.143. The first-order valence-electron chi connectivity index (χ1n) is 9.11. The second-order valence-corrected chi connectivity index (χ2v) is 7.01. The first kappa shape index (κ1) is 21.1. The number of rotatable bonds is 7. The highest BCUT2D eigenvalue weighted by Gasteiger charge is 2.23. The summed E-state index contributed by atoms with van der Waals surface area (Å²) in [5.74, 6) is -1.59. The van der Waals surface area contributed by atoms with Crippen molar-refractivity contribution in [2.75, 3.05) is 5.32 Å². The van der Waals surface area contributed by atoms with Gasteiger partial charge in [0.25, 0.3) is 11.8 Å². The van der Waals surface area contributed by atoms with E-state index in [1.165, 1.54) is 0 Å². The van der Waals surface area contributed by atoms with Gasteiger partial charge in [0.05, 0.1) is 34.4 Å². The normalized spacial score (nSPS) is 11.5. The predicted molar refractivity (Wildman–Crippen MR) is 113 cm³/mol. The highest BCUT2D eigenvalue weighted by Crippen LogP contribution is 2.22. The zero-order valence-electron chi connectivity index (χ0n) is 16.1. The number of carbonyl (C=O) groups is 3. The Labute approximate surface area is 177 Å². The molecule has 1 atom stereocenters. The van der Waals surface area contributed by atoms with Gasteiger partial charge in [0.2, 0.25) is 5.91 Å². The zero-order valence-corrected chi connectivity index (χ0v) is 16.9. The number of carbonyl (C=O) groups excluding carboxylic acids is 3. The maximum atomic E-state index is 12.7. The molecule has 0 aliphatic heterocycles. The number of nitrogens with one attached hydrogen (secondary N) is 3. The SMILES string of the molecule is Cc1[nH]nc(C(N)=O)c1NC(=O)CC(NC(=O)c1ccccc1Cl)c1ccccc1. The molecule has 30 heavy (non-hydrogen) atoms. The molecule has 0 spiro atoms. The van der Waals surface area contributed by atoms with Crippen LogP contribution < -0.4 is 16.4 Å². The lowest BCUT2D eigenvalue weighted by atomic mass is 10.0. The number of H-pyrrole nitrogens is 1. The van der Waals surface area contributed by atoms with Gasteiger partial charge in [-0.15, -0.1) is 0 Å². The summed E-state index contributed by atoms with van der Waals surface area (Å²) in [5.41, 5.74) is 7.00. The Balaban J connectivity index is 1.81. The molecule has 0 radical (unpaired) electrons. The molecule has 0 saturated carbocycles. The number of hydrogen-bond acceptors (Lipinski definition) is 4. The molecule has 3 amide bonds. The van der Waals surface area contributed by atoms with Crippen LogP contribution in [0.4, 0.5) is 5.69 Å². The van der Waals surface area contributed by atoms with Crippen LogP contribution >= 0.6 is 11.6 Å². The van der Waals surface area contributed by atoms with Crippen LogP contribution in [0.25, 0.3) is 0 Å². The van der Waals surface area contributed by atoms with Crippen LogP contribution in [0.3, 0.4) is 0 Å². The van der Waals surface area contributed by atoms with E-state index in [1.54, 1.807) is 31.2 Å². The van der Waals surface area contributed by atoms with Crippen molar-refractivity contribution < 1.29 is 14.4 Å². The number of benzene rings is 2. The third kappa shape index (κ3) is 4.84. The molecular weight excluding hydrogens is 406 g/mol. The predicted octanol–water partition coefficient (Wildman–Crippen LogP) is 2.97. The lowest BCUT2D eigenvalue weighted by Gasteiger charge is -2.19. The minimum absolute atomic E-state index is 0.0581. The first-order valence-corrected chi connectivity index (χ1v) is 9.49. The van der Waals surface area contributed by atoms with E-state index in [2.05, 4.69) is 20.8 Å². The zero-order chi connectivity index (χ0) is 21.7. The topological polar surface area (TPSA) is 130 Å². The van der Waals surface area contributed by atoms with Crippen LogP contribution in [0, 0.1) is 6.92 Å². The average molecular weight is 426 g/mol. The van der Waals surface area contributed by atoms with Crippen molar-refractivity contribution >= 4 is 35.0 Å². The maximum Gasteiger partial charge on any atom is 0.271 e. The summed E-state index contributed by atoms with van der Waals surface area (Å²) in [6, 6.07) is 15.1. The first-order chi connectivity index (χ1) is 14.4. The number of aryl methyl sites for hydroxylation is 1. The number of nitrogens with zero attached hydrogens (tertiary/aromatic N) is 1. The lowest BCUT2D eigenvalue weighted by molar-refractivity contribution is -0.116. The van der Waals surface area contributed by atoms with Crippen LogP contribution in [-0.2, 0) is 4.79 Å². The average Bonchev–Trinajstić information content (AvgIpc) is 3.09. The summed E-state index contributed by atoms with van der Waals surface area (Å²) in [6.07, 6.45) is -0.0803. The number of hydrogen-bond donors (Lipinski definition) is 4. The summed E-state index contributed by atoms with van der Waals surface area (Å²) in [5, 5.41) is 12.2. The minimum atomic E-state index is -0.763. The maximum absolute atomic E-state index is 12.7. The monoisotopic (exact) mass is 425 g/mol. The van der Waals surface area contributed by atoms with E-state index in [0.717, 1.165) is 5.56 Å². The van der Waals surface area contributed by atoms with Gasteiger partial charge < -0.3 is 16.4 Å². The number of nitrogens with two attached hydrogens (primary N) is 1. The summed E-state index contributed by atoms with van der Waals surface area (Å²) in [4.78, 5) is 37.0. The minimum Gasteiger partial charge on any atom is -0.364 e. The van der Waals surface area contributed by atoms with Crippen LogP contribution in [0.1, 0.15) is 44.6 Å². The highest BCUT2D eigenvalue weighted by molar-refractivity contribution is 6.33.